The molecule has 27 heavy (non-hydrogen) atoms. The van der Waals surface area contributed by atoms with Crippen molar-refractivity contribution in [3.63, 3.8) is 0 Å². The minimum Gasteiger partial charge on any atom is -0.348 e. The Morgan fingerprint density at radius 2 is 1.74 bits per heavy atom. The molecule has 150 valence electrons. The first-order valence-electron chi connectivity index (χ1n) is 10.2. The average Bonchev–Trinajstić information content (AvgIpc) is 2.59. The molecule has 1 aromatic rings. The maximum Gasteiger partial charge on any atom is 0.279 e. The molecule has 0 spiro atoms. The summed E-state index contributed by atoms with van der Waals surface area (Å²) >= 11 is 0. The standard InChI is InChI=1S/C22H35N3O2/c1-14-11-16(3)21(17(4)12-14)24-20(26)13-25(6)18(5)22(27)23-19-10-8-7-9-15(19)2/h11-12,15,18-19H,7-10,13H2,1-6H3,(H,23,27)(H,24,26)/p+1/t15-,18-,19+/m0/s1. The Hall–Kier alpha value is -1.88. The van der Waals surface area contributed by atoms with Gasteiger partial charge in [-0.3, -0.25) is 9.59 Å². The molecule has 0 aliphatic heterocycles. The van der Waals surface area contributed by atoms with Gasteiger partial charge in [0.15, 0.2) is 12.6 Å². The molecule has 1 unspecified atom stereocenters. The van der Waals surface area contributed by atoms with E-state index in [0.29, 0.717) is 5.92 Å². The van der Waals surface area contributed by atoms with Gasteiger partial charge in [-0.1, -0.05) is 37.5 Å². The third-order valence-corrected chi connectivity index (χ3v) is 5.95. The SMILES string of the molecule is Cc1cc(C)c(NC(=O)C[NH+](C)[C@@H](C)C(=O)N[C@@H]2CCCC[C@@H]2C)c(C)c1. The van der Waals surface area contributed by atoms with Crippen LogP contribution in [0.1, 0.15) is 56.2 Å². The number of hydrogen-bond donors (Lipinski definition) is 3. The van der Waals surface area contributed by atoms with Crippen molar-refractivity contribution < 1.29 is 14.5 Å². The second-order valence-corrected chi connectivity index (χ2v) is 8.44. The molecular weight excluding hydrogens is 338 g/mol. The highest BCUT2D eigenvalue weighted by Gasteiger charge is 2.29. The fourth-order valence-corrected chi connectivity index (χ4v) is 4.03. The highest BCUT2D eigenvalue weighted by atomic mass is 16.2. The number of nitrogens with one attached hydrogen (secondary N) is 3. The van der Waals surface area contributed by atoms with Gasteiger partial charge in [-0.15, -0.1) is 0 Å². The van der Waals surface area contributed by atoms with Crippen LogP contribution in [-0.2, 0) is 9.59 Å². The predicted molar refractivity (Wildman–Crippen MR) is 110 cm³/mol. The van der Waals surface area contributed by atoms with Crippen molar-refractivity contribution in [1.82, 2.24) is 5.32 Å². The van der Waals surface area contributed by atoms with E-state index in [0.717, 1.165) is 28.1 Å². The number of aryl methyl sites for hydroxylation is 3. The molecule has 5 nitrogen and oxygen atoms in total. The smallest absolute Gasteiger partial charge is 0.279 e. The van der Waals surface area contributed by atoms with Crippen molar-refractivity contribution in [1.29, 1.82) is 0 Å². The molecule has 0 radical (unpaired) electrons. The fraction of sp³-hybridized carbons (Fsp3) is 0.636. The van der Waals surface area contributed by atoms with Crippen LogP contribution in [0.5, 0.6) is 0 Å². The van der Waals surface area contributed by atoms with E-state index in [1.165, 1.54) is 24.8 Å². The van der Waals surface area contributed by atoms with Crippen molar-refractivity contribution in [2.75, 3.05) is 18.9 Å². The highest BCUT2D eigenvalue weighted by Crippen LogP contribution is 2.23. The first kappa shape index (κ1) is 21.4. The molecule has 0 aromatic heterocycles. The number of carbonyl (C=O) groups excluding carboxylic acids is 2. The Kier molecular flexibility index (Phi) is 7.42. The first-order chi connectivity index (χ1) is 12.7. The monoisotopic (exact) mass is 374 g/mol. The molecule has 4 atom stereocenters. The Morgan fingerprint density at radius 3 is 2.33 bits per heavy atom. The zero-order chi connectivity index (χ0) is 20.1. The van der Waals surface area contributed by atoms with Crippen molar-refractivity contribution in [2.24, 2.45) is 5.92 Å². The summed E-state index contributed by atoms with van der Waals surface area (Å²) in [4.78, 5) is 26.0. The molecule has 1 saturated carbocycles. The summed E-state index contributed by atoms with van der Waals surface area (Å²) in [5.41, 5.74) is 4.20. The number of quaternary nitrogens is 1. The molecule has 5 heteroatoms. The number of likely N-dealkylation sites (N-methyl/N-ethyl adjacent to an activating group) is 1. The minimum absolute atomic E-state index is 0.0433. The highest BCUT2D eigenvalue weighted by molar-refractivity contribution is 5.93. The number of benzene rings is 1. The van der Waals surface area contributed by atoms with Crippen molar-refractivity contribution >= 4 is 17.5 Å². The molecule has 1 aromatic carbocycles. The quantitative estimate of drug-likeness (QED) is 0.714. The van der Waals surface area contributed by atoms with E-state index in [4.69, 9.17) is 0 Å². The third kappa shape index (κ3) is 5.80. The van der Waals surface area contributed by atoms with Gasteiger partial charge >= 0.3 is 0 Å². The Labute approximate surface area is 163 Å². The Balaban J connectivity index is 1.90. The summed E-state index contributed by atoms with van der Waals surface area (Å²) in [6.45, 7) is 10.4. The normalized spacial score (nSPS) is 22.0. The van der Waals surface area contributed by atoms with Crippen LogP contribution in [0.4, 0.5) is 5.69 Å². The molecular formula is C22H36N3O2+. The zero-order valence-electron chi connectivity index (χ0n) is 17.7. The number of rotatable bonds is 6. The van der Waals surface area contributed by atoms with E-state index in [9.17, 15) is 9.59 Å². The molecule has 2 rings (SSSR count). The summed E-state index contributed by atoms with van der Waals surface area (Å²) in [7, 11) is 1.91. The lowest BCUT2D eigenvalue weighted by molar-refractivity contribution is -0.885. The van der Waals surface area contributed by atoms with Crippen molar-refractivity contribution in [3.05, 3.63) is 28.8 Å². The minimum atomic E-state index is -0.259. The topological polar surface area (TPSA) is 62.6 Å². The number of amides is 2. The van der Waals surface area contributed by atoms with E-state index in [1.54, 1.807) is 0 Å². The molecule has 2 amide bonds. The van der Waals surface area contributed by atoms with Crippen LogP contribution in [0.15, 0.2) is 12.1 Å². The zero-order valence-corrected chi connectivity index (χ0v) is 17.7. The lowest BCUT2D eigenvalue weighted by Gasteiger charge is -2.31. The molecule has 1 aliphatic rings. The predicted octanol–water partition coefficient (Wildman–Crippen LogP) is 2.15. The van der Waals surface area contributed by atoms with E-state index in [-0.39, 0.29) is 30.4 Å². The lowest BCUT2D eigenvalue weighted by atomic mass is 9.86. The number of hydrogen-bond acceptors (Lipinski definition) is 2. The second-order valence-electron chi connectivity index (χ2n) is 8.44. The van der Waals surface area contributed by atoms with E-state index >= 15 is 0 Å². The average molecular weight is 375 g/mol. The van der Waals surface area contributed by atoms with Crippen LogP contribution in [0.3, 0.4) is 0 Å². The first-order valence-corrected chi connectivity index (χ1v) is 10.2. The van der Waals surface area contributed by atoms with Crippen LogP contribution in [0.2, 0.25) is 0 Å². The summed E-state index contributed by atoms with van der Waals surface area (Å²) in [5.74, 6) is 0.515. The fourth-order valence-electron chi connectivity index (χ4n) is 4.03. The molecule has 0 bridgehead atoms. The maximum absolute atomic E-state index is 12.6. The van der Waals surface area contributed by atoms with Gasteiger partial charge in [-0.05, 0) is 57.6 Å². The Bertz CT molecular complexity index is 663. The second kappa shape index (κ2) is 9.36. The van der Waals surface area contributed by atoms with Crippen LogP contribution < -0.4 is 15.5 Å². The molecule has 0 saturated heterocycles. The van der Waals surface area contributed by atoms with Crippen LogP contribution in [0.25, 0.3) is 0 Å². The van der Waals surface area contributed by atoms with Gasteiger partial charge in [0.25, 0.3) is 11.8 Å². The maximum atomic E-state index is 12.6. The van der Waals surface area contributed by atoms with Crippen molar-refractivity contribution in [2.45, 2.75) is 72.4 Å². The lowest BCUT2D eigenvalue weighted by Crippen LogP contribution is -3.15. The number of carbonyl (C=O) groups is 2. The van der Waals surface area contributed by atoms with E-state index in [2.05, 4.69) is 36.6 Å². The molecule has 1 aliphatic carbocycles. The summed E-state index contributed by atoms with van der Waals surface area (Å²) in [6.07, 6.45) is 4.68. The van der Waals surface area contributed by atoms with E-state index < -0.39 is 0 Å². The summed E-state index contributed by atoms with van der Waals surface area (Å²) in [5, 5.41) is 6.23. The van der Waals surface area contributed by atoms with E-state index in [1.807, 2.05) is 27.8 Å². The van der Waals surface area contributed by atoms with Gasteiger partial charge in [-0.25, -0.2) is 0 Å². The molecule has 1 fully saturated rings. The van der Waals surface area contributed by atoms with Crippen molar-refractivity contribution in [3.8, 4) is 0 Å². The molecule has 3 N–H and O–H groups in total. The van der Waals surface area contributed by atoms with Gasteiger partial charge in [-0.2, -0.15) is 0 Å². The van der Waals surface area contributed by atoms with Gasteiger partial charge in [0, 0.05) is 11.7 Å². The van der Waals surface area contributed by atoms with Crippen LogP contribution >= 0.6 is 0 Å². The van der Waals surface area contributed by atoms with Gasteiger partial charge in [0.2, 0.25) is 0 Å². The van der Waals surface area contributed by atoms with Gasteiger partial charge < -0.3 is 15.5 Å². The largest absolute Gasteiger partial charge is 0.348 e. The van der Waals surface area contributed by atoms with Crippen LogP contribution in [-0.4, -0.2) is 37.5 Å². The summed E-state index contributed by atoms with van der Waals surface area (Å²) < 4.78 is 0. The van der Waals surface area contributed by atoms with Gasteiger partial charge in [0.05, 0.1) is 7.05 Å². The molecule has 0 heterocycles. The summed E-state index contributed by atoms with van der Waals surface area (Å²) in [6, 6.07) is 4.15. The third-order valence-electron chi connectivity index (χ3n) is 5.95. The number of anilines is 1. The van der Waals surface area contributed by atoms with Gasteiger partial charge in [0.1, 0.15) is 0 Å². The Morgan fingerprint density at radius 1 is 1.15 bits per heavy atom. The van der Waals surface area contributed by atoms with Crippen LogP contribution in [0, 0.1) is 26.7 Å².